The molecule has 1 amide bonds. The monoisotopic (exact) mass is 291 g/mol. The molecular weight excluding hydrogens is 270 g/mol. The summed E-state index contributed by atoms with van der Waals surface area (Å²) in [6, 6.07) is 5.39. The molecule has 1 unspecified atom stereocenters. The molecule has 1 aliphatic rings. The number of carbonyl (C=O) groups excluding carboxylic acids is 2. The Morgan fingerprint density at radius 2 is 2.00 bits per heavy atom. The summed E-state index contributed by atoms with van der Waals surface area (Å²) in [4.78, 5) is 23.2. The smallest absolute Gasteiger partial charge is 0.347 e. The molecular formula is C16H21NO4. The molecule has 0 bridgehead atoms. The topological polar surface area (TPSA) is 64.6 Å². The van der Waals surface area contributed by atoms with Crippen molar-refractivity contribution < 1.29 is 19.1 Å². The standard InChI is InChI=1S/C16H21NO4/c1-10(15(19)21-16(2,3)4)20-12-6-7-13-11(9-12)5-8-14(18)17-13/h6-7,9-10H,5,8H2,1-4H3,(H,17,18). The highest BCUT2D eigenvalue weighted by atomic mass is 16.6. The lowest BCUT2D eigenvalue weighted by Gasteiger charge is -2.23. The van der Waals surface area contributed by atoms with Gasteiger partial charge in [-0.2, -0.15) is 0 Å². The van der Waals surface area contributed by atoms with E-state index in [1.165, 1.54) is 0 Å². The molecule has 21 heavy (non-hydrogen) atoms. The van der Waals surface area contributed by atoms with Crippen LogP contribution in [0, 0.1) is 0 Å². The molecule has 0 saturated heterocycles. The van der Waals surface area contributed by atoms with E-state index >= 15 is 0 Å². The molecule has 0 radical (unpaired) electrons. The van der Waals surface area contributed by atoms with Crippen LogP contribution in [-0.2, 0) is 20.7 Å². The summed E-state index contributed by atoms with van der Waals surface area (Å²) in [5.74, 6) is 0.232. The van der Waals surface area contributed by atoms with E-state index in [-0.39, 0.29) is 5.91 Å². The lowest BCUT2D eigenvalue weighted by atomic mass is 10.0. The van der Waals surface area contributed by atoms with Gasteiger partial charge in [0.15, 0.2) is 6.10 Å². The van der Waals surface area contributed by atoms with Crippen LogP contribution in [0.1, 0.15) is 39.7 Å². The highest BCUT2D eigenvalue weighted by Gasteiger charge is 2.23. The largest absolute Gasteiger partial charge is 0.479 e. The van der Waals surface area contributed by atoms with Crippen LogP contribution in [0.15, 0.2) is 18.2 Å². The number of carbonyl (C=O) groups is 2. The van der Waals surface area contributed by atoms with Gasteiger partial charge in [0.25, 0.3) is 0 Å². The fourth-order valence-corrected chi connectivity index (χ4v) is 2.07. The lowest BCUT2D eigenvalue weighted by molar-refractivity contribution is -0.162. The molecule has 1 aliphatic heterocycles. The molecule has 0 saturated carbocycles. The molecule has 114 valence electrons. The van der Waals surface area contributed by atoms with Gasteiger partial charge in [-0.05, 0) is 57.9 Å². The Kier molecular flexibility index (Phi) is 4.21. The maximum Gasteiger partial charge on any atom is 0.347 e. The van der Waals surface area contributed by atoms with Crippen molar-refractivity contribution in [3.63, 3.8) is 0 Å². The second-order valence-electron chi connectivity index (χ2n) is 6.16. The zero-order chi connectivity index (χ0) is 15.6. The third kappa shape index (κ3) is 4.21. The number of ether oxygens (including phenoxy) is 2. The lowest BCUT2D eigenvalue weighted by Crippen LogP contribution is -2.33. The Labute approximate surface area is 124 Å². The van der Waals surface area contributed by atoms with Crippen LogP contribution in [0.2, 0.25) is 0 Å². The SMILES string of the molecule is CC(Oc1ccc2c(c1)CCC(=O)N2)C(=O)OC(C)(C)C. The Balaban J connectivity index is 2.03. The number of esters is 1. The predicted octanol–water partition coefficient (Wildman–Crippen LogP) is 2.68. The highest BCUT2D eigenvalue weighted by Crippen LogP contribution is 2.27. The van der Waals surface area contributed by atoms with Gasteiger partial charge < -0.3 is 14.8 Å². The first kappa shape index (κ1) is 15.4. The minimum absolute atomic E-state index is 0.0262. The third-order valence-corrected chi connectivity index (χ3v) is 3.02. The van der Waals surface area contributed by atoms with E-state index in [1.807, 2.05) is 26.8 Å². The van der Waals surface area contributed by atoms with Crippen molar-refractivity contribution in [2.24, 2.45) is 0 Å². The summed E-state index contributed by atoms with van der Waals surface area (Å²) in [6.45, 7) is 7.12. The summed E-state index contributed by atoms with van der Waals surface area (Å²) in [5.41, 5.74) is 1.29. The van der Waals surface area contributed by atoms with Gasteiger partial charge in [0, 0.05) is 12.1 Å². The molecule has 0 aromatic heterocycles. The van der Waals surface area contributed by atoms with Crippen molar-refractivity contribution >= 4 is 17.6 Å². The fourth-order valence-electron chi connectivity index (χ4n) is 2.07. The molecule has 1 aromatic rings. The van der Waals surface area contributed by atoms with Gasteiger partial charge in [-0.1, -0.05) is 0 Å². The van der Waals surface area contributed by atoms with Gasteiger partial charge in [0.05, 0.1) is 0 Å². The number of amides is 1. The van der Waals surface area contributed by atoms with Gasteiger partial charge in [0.1, 0.15) is 11.4 Å². The molecule has 5 heteroatoms. The number of nitrogens with one attached hydrogen (secondary N) is 1. The van der Waals surface area contributed by atoms with E-state index in [0.29, 0.717) is 18.6 Å². The number of hydrogen-bond donors (Lipinski definition) is 1. The summed E-state index contributed by atoms with van der Waals surface area (Å²) < 4.78 is 10.9. The summed E-state index contributed by atoms with van der Waals surface area (Å²) in [6.07, 6.45) is 0.470. The molecule has 1 N–H and O–H groups in total. The zero-order valence-electron chi connectivity index (χ0n) is 12.9. The second-order valence-corrected chi connectivity index (χ2v) is 6.16. The fraction of sp³-hybridized carbons (Fsp3) is 0.500. The number of fused-ring (bicyclic) bond motifs is 1. The molecule has 0 spiro atoms. The van der Waals surface area contributed by atoms with Crippen LogP contribution in [0.25, 0.3) is 0 Å². The minimum atomic E-state index is -0.680. The van der Waals surface area contributed by atoms with Crippen molar-refractivity contribution in [1.29, 1.82) is 0 Å². The van der Waals surface area contributed by atoms with Gasteiger partial charge in [0.2, 0.25) is 5.91 Å². The summed E-state index contributed by atoms with van der Waals surface area (Å²) >= 11 is 0. The van der Waals surface area contributed by atoms with E-state index < -0.39 is 17.7 Å². The first-order chi connectivity index (χ1) is 9.74. The van der Waals surface area contributed by atoms with E-state index in [9.17, 15) is 9.59 Å². The summed E-state index contributed by atoms with van der Waals surface area (Å²) in [5, 5.41) is 2.81. The number of aryl methyl sites for hydroxylation is 1. The van der Waals surface area contributed by atoms with Crippen LogP contribution in [0.3, 0.4) is 0 Å². The first-order valence-electron chi connectivity index (χ1n) is 7.07. The van der Waals surface area contributed by atoms with Crippen LogP contribution in [-0.4, -0.2) is 23.6 Å². The second kappa shape index (κ2) is 5.76. The third-order valence-electron chi connectivity index (χ3n) is 3.02. The van der Waals surface area contributed by atoms with E-state index in [2.05, 4.69) is 5.32 Å². The van der Waals surface area contributed by atoms with Crippen molar-refractivity contribution in [1.82, 2.24) is 0 Å². The maximum atomic E-state index is 11.9. The van der Waals surface area contributed by atoms with Crippen molar-refractivity contribution in [2.45, 2.75) is 52.2 Å². The number of hydrogen-bond acceptors (Lipinski definition) is 4. The average molecular weight is 291 g/mol. The van der Waals surface area contributed by atoms with E-state index in [0.717, 1.165) is 11.3 Å². The van der Waals surface area contributed by atoms with Crippen LogP contribution >= 0.6 is 0 Å². The normalized spacial score (nSPS) is 15.7. The molecule has 0 aliphatic carbocycles. The number of benzene rings is 1. The van der Waals surface area contributed by atoms with Gasteiger partial charge in [-0.15, -0.1) is 0 Å². The molecule has 1 aromatic carbocycles. The average Bonchev–Trinajstić information content (AvgIpc) is 2.37. The molecule has 2 rings (SSSR count). The highest BCUT2D eigenvalue weighted by molar-refractivity contribution is 5.94. The van der Waals surface area contributed by atoms with Gasteiger partial charge in [-0.25, -0.2) is 4.79 Å². The molecule has 0 fully saturated rings. The molecule has 1 atom stereocenters. The van der Waals surface area contributed by atoms with Crippen LogP contribution < -0.4 is 10.1 Å². The first-order valence-corrected chi connectivity index (χ1v) is 7.07. The number of rotatable bonds is 3. The summed E-state index contributed by atoms with van der Waals surface area (Å²) in [7, 11) is 0. The zero-order valence-corrected chi connectivity index (χ0v) is 12.9. The van der Waals surface area contributed by atoms with Crippen molar-refractivity contribution in [3.8, 4) is 5.75 Å². The minimum Gasteiger partial charge on any atom is -0.479 e. The van der Waals surface area contributed by atoms with Crippen LogP contribution in [0.5, 0.6) is 5.75 Å². The van der Waals surface area contributed by atoms with Crippen molar-refractivity contribution in [3.05, 3.63) is 23.8 Å². The van der Waals surface area contributed by atoms with Crippen molar-refractivity contribution in [2.75, 3.05) is 5.32 Å². The Morgan fingerprint density at radius 1 is 1.29 bits per heavy atom. The van der Waals surface area contributed by atoms with Crippen LogP contribution in [0.4, 0.5) is 5.69 Å². The van der Waals surface area contributed by atoms with Gasteiger partial charge >= 0.3 is 5.97 Å². The van der Waals surface area contributed by atoms with Gasteiger partial charge in [-0.3, -0.25) is 4.79 Å². The Bertz CT molecular complexity index is 560. The number of anilines is 1. The van der Waals surface area contributed by atoms with E-state index in [1.54, 1.807) is 19.1 Å². The maximum absolute atomic E-state index is 11.9. The van der Waals surface area contributed by atoms with E-state index in [4.69, 9.17) is 9.47 Å². The quantitative estimate of drug-likeness (QED) is 0.870. The predicted molar refractivity (Wildman–Crippen MR) is 79.3 cm³/mol. The molecule has 5 nitrogen and oxygen atoms in total. The Hall–Kier alpha value is -2.04. The Morgan fingerprint density at radius 3 is 2.67 bits per heavy atom. The molecule has 1 heterocycles.